The third-order valence-corrected chi connectivity index (χ3v) is 2.53. The number of rotatable bonds is 10. The van der Waals surface area contributed by atoms with Crippen LogP contribution in [0.5, 0.6) is 0 Å². The number of ether oxygens (including phenoxy) is 1. The van der Waals surface area contributed by atoms with Crippen LogP contribution in [-0.2, 0) is 4.74 Å². The highest BCUT2D eigenvalue weighted by molar-refractivity contribution is 4.63. The third-order valence-electron chi connectivity index (χ3n) is 2.53. The second-order valence-electron chi connectivity index (χ2n) is 4.59. The molecular weight excluding hydrogens is 188 g/mol. The van der Waals surface area contributed by atoms with Gasteiger partial charge in [-0.25, -0.2) is 0 Å². The molecule has 15 heavy (non-hydrogen) atoms. The molecule has 0 radical (unpaired) electrons. The number of hydrogen-bond donors (Lipinski definition) is 2. The maximum atomic E-state index is 5.50. The summed E-state index contributed by atoms with van der Waals surface area (Å²) < 4.78 is 5.45. The highest BCUT2D eigenvalue weighted by Gasteiger charge is 2.06. The Morgan fingerprint density at radius 3 is 2.40 bits per heavy atom. The van der Waals surface area contributed by atoms with Crippen molar-refractivity contribution in [3.8, 4) is 0 Å². The van der Waals surface area contributed by atoms with Crippen LogP contribution in [-0.4, -0.2) is 19.3 Å². The van der Waals surface area contributed by atoms with Gasteiger partial charge in [-0.05, 0) is 25.2 Å². The fourth-order valence-corrected chi connectivity index (χ4v) is 1.56. The summed E-state index contributed by atoms with van der Waals surface area (Å²) in [5.74, 6) is 6.29. The summed E-state index contributed by atoms with van der Waals surface area (Å²) in [4.78, 5) is 0. The monoisotopic (exact) mass is 216 g/mol. The second kappa shape index (κ2) is 10.4. The Kier molecular flexibility index (Phi) is 10.3. The summed E-state index contributed by atoms with van der Waals surface area (Å²) in [5, 5.41) is 0. The van der Waals surface area contributed by atoms with Gasteiger partial charge in [-0.1, -0.05) is 33.6 Å². The normalized spacial score (nSPS) is 13.4. The molecule has 0 rings (SSSR count). The van der Waals surface area contributed by atoms with E-state index in [9.17, 15) is 0 Å². The van der Waals surface area contributed by atoms with Gasteiger partial charge < -0.3 is 4.74 Å². The lowest BCUT2D eigenvalue weighted by Gasteiger charge is -2.16. The predicted octanol–water partition coefficient (Wildman–Crippen LogP) is 2.46. The van der Waals surface area contributed by atoms with E-state index in [2.05, 4.69) is 26.2 Å². The van der Waals surface area contributed by atoms with E-state index in [1.165, 1.54) is 12.8 Å². The van der Waals surface area contributed by atoms with Crippen molar-refractivity contribution in [1.29, 1.82) is 0 Å². The van der Waals surface area contributed by atoms with E-state index in [1.54, 1.807) is 0 Å². The standard InChI is InChI=1S/C12H28N2O/c1-4-9-15-10-8-12(14-13)7-5-6-11(2)3/h11-12,14H,4-10,13H2,1-3H3. The molecule has 0 aromatic carbocycles. The van der Waals surface area contributed by atoms with Crippen LogP contribution in [0.2, 0.25) is 0 Å². The van der Waals surface area contributed by atoms with Gasteiger partial charge in [0.25, 0.3) is 0 Å². The van der Waals surface area contributed by atoms with Crippen LogP contribution in [0.1, 0.15) is 52.9 Å². The molecule has 0 aliphatic carbocycles. The first-order valence-electron chi connectivity index (χ1n) is 6.24. The first-order chi connectivity index (χ1) is 7.20. The fourth-order valence-electron chi connectivity index (χ4n) is 1.56. The summed E-state index contributed by atoms with van der Waals surface area (Å²) in [6.07, 6.45) is 5.81. The van der Waals surface area contributed by atoms with E-state index in [1.807, 2.05) is 0 Å². The minimum absolute atomic E-state index is 0.417. The average molecular weight is 216 g/mol. The molecule has 0 aromatic rings. The highest BCUT2D eigenvalue weighted by Crippen LogP contribution is 2.09. The lowest BCUT2D eigenvalue weighted by Crippen LogP contribution is -2.36. The lowest BCUT2D eigenvalue weighted by atomic mass is 10.0. The summed E-state index contributed by atoms with van der Waals surface area (Å²) in [5.41, 5.74) is 2.87. The first kappa shape index (κ1) is 14.9. The van der Waals surface area contributed by atoms with E-state index in [0.717, 1.165) is 38.4 Å². The summed E-state index contributed by atoms with van der Waals surface area (Å²) >= 11 is 0. The molecule has 0 fully saturated rings. The Hall–Kier alpha value is -0.120. The van der Waals surface area contributed by atoms with Crippen molar-refractivity contribution >= 4 is 0 Å². The van der Waals surface area contributed by atoms with Gasteiger partial charge in [-0.3, -0.25) is 11.3 Å². The van der Waals surface area contributed by atoms with Gasteiger partial charge in [0.15, 0.2) is 0 Å². The van der Waals surface area contributed by atoms with E-state index >= 15 is 0 Å². The lowest BCUT2D eigenvalue weighted by molar-refractivity contribution is 0.123. The van der Waals surface area contributed by atoms with Crippen molar-refractivity contribution < 1.29 is 4.74 Å². The van der Waals surface area contributed by atoms with Gasteiger partial charge in [-0.2, -0.15) is 0 Å². The molecule has 3 nitrogen and oxygen atoms in total. The topological polar surface area (TPSA) is 47.3 Å². The molecule has 0 heterocycles. The van der Waals surface area contributed by atoms with Crippen LogP contribution in [0.4, 0.5) is 0 Å². The van der Waals surface area contributed by atoms with Gasteiger partial charge in [0.1, 0.15) is 0 Å². The largest absolute Gasteiger partial charge is 0.381 e. The molecule has 92 valence electrons. The molecule has 0 aliphatic heterocycles. The smallest absolute Gasteiger partial charge is 0.0481 e. The first-order valence-corrected chi connectivity index (χ1v) is 6.24. The Morgan fingerprint density at radius 2 is 1.87 bits per heavy atom. The zero-order valence-electron chi connectivity index (χ0n) is 10.6. The third kappa shape index (κ3) is 10.2. The van der Waals surface area contributed by atoms with Gasteiger partial charge in [0.05, 0.1) is 0 Å². The number of hydrazine groups is 1. The summed E-state index contributed by atoms with van der Waals surface area (Å²) in [7, 11) is 0. The molecule has 0 aromatic heterocycles. The molecule has 0 aliphatic rings. The van der Waals surface area contributed by atoms with Crippen molar-refractivity contribution in [3.05, 3.63) is 0 Å². The van der Waals surface area contributed by atoms with Crippen molar-refractivity contribution in [2.24, 2.45) is 11.8 Å². The average Bonchev–Trinajstić information content (AvgIpc) is 2.21. The zero-order chi connectivity index (χ0) is 11.5. The zero-order valence-corrected chi connectivity index (χ0v) is 10.6. The molecule has 0 saturated carbocycles. The Bertz CT molecular complexity index is 129. The van der Waals surface area contributed by atoms with Crippen molar-refractivity contribution in [3.63, 3.8) is 0 Å². The number of nitrogens with two attached hydrogens (primary N) is 1. The molecule has 3 heteroatoms. The summed E-state index contributed by atoms with van der Waals surface area (Å²) in [6, 6.07) is 0.417. The molecule has 0 amide bonds. The Morgan fingerprint density at radius 1 is 1.13 bits per heavy atom. The van der Waals surface area contributed by atoms with E-state index in [4.69, 9.17) is 10.6 Å². The van der Waals surface area contributed by atoms with Crippen LogP contribution in [0.3, 0.4) is 0 Å². The Labute approximate surface area is 94.7 Å². The van der Waals surface area contributed by atoms with Crippen LogP contribution in [0.25, 0.3) is 0 Å². The minimum Gasteiger partial charge on any atom is -0.381 e. The molecule has 0 saturated heterocycles. The van der Waals surface area contributed by atoms with Crippen LogP contribution >= 0.6 is 0 Å². The number of nitrogens with one attached hydrogen (secondary N) is 1. The van der Waals surface area contributed by atoms with Crippen molar-refractivity contribution in [2.75, 3.05) is 13.2 Å². The van der Waals surface area contributed by atoms with E-state index in [0.29, 0.717) is 6.04 Å². The highest BCUT2D eigenvalue weighted by atomic mass is 16.5. The number of hydrogen-bond acceptors (Lipinski definition) is 3. The second-order valence-corrected chi connectivity index (χ2v) is 4.59. The SMILES string of the molecule is CCCOCCC(CCCC(C)C)NN. The Balaban J connectivity index is 3.38. The molecule has 3 N–H and O–H groups in total. The van der Waals surface area contributed by atoms with Gasteiger partial charge in [0, 0.05) is 19.3 Å². The van der Waals surface area contributed by atoms with Crippen molar-refractivity contribution in [1.82, 2.24) is 5.43 Å². The van der Waals surface area contributed by atoms with E-state index < -0.39 is 0 Å². The van der Waals surface area contributed by atoms with Crippen LogP contribution < -0.4 is 11.3 Å². The molecule has 0 spiro atoms. The molecular formula is C12H28N2O. The minimum atomic E-state index is 0.417. The molecule has 0 bridgehead atoms. The van der Waals surface area contributed by atoms with Gasteiger partial charge in [-0.15, -0.1) is 0 Å². The van der Waals surface area contributed by atoms with Crippen LogP contribution in [0, 0.1) is 5.92 Å². The predicted molar refractivity (Wildman–Crippen MR) is 65.5 cm³/mol. The molecule has 1 atom stereocenters. The molecule has 1 unspecified atom stereocenters. The van der Waals surface area contributed by atoms with Crippen LogP contribution in [0.15, 0.2) is 0 Å². The maximum Gasteiger partial charge on any atom is 0.0481 e. The maximum absolute atomic E-state index is 5.50. The summed E-state index contributed by atoms with van der Waals surface area (Å²) in [6.45, 7) is 8.33. The van der Waals surface area contributed by atoms with Gasteiger partial charge >= 0.3 is 0 Å². The quantitative estimate of drug-likeness (QED) is 0.335. The van der Waals surface area contributed by atoms with E-state index in [-0.39, 0.29) is 0 Å². The van der Waals surface area contributed by atoms with Gasteiger partial charge in [0.2, 0.25) is 0 Å². The van der Waals surface area contributed by atoms with Crippen molar-refractivity contribution in [2.45, 2.75) is 58.9 Å². The fraction of sp³-hybridized carbons (Fsp3) is 1.00.